The molecule has 0 aromatic heterocycles. The summed E-state index contributed by atoms with van der Waals surface area (Å²) in [5.41, 5.74) is 2.59. The number of benzene rings is 3. The number of urea groups is 1. The first kappa shape index (κ1) is 46.4. The third-order valence-corrected chi connectivity index (χ3v) is 10.7. The van der Waals surface area contributed by atoms with Crippen molar-refractivity contribution in [3.8, 4) is 0 Å². The zero-order valence-electron chi connectivity index (χ0n) is 34.7. The Kier molecular flexibility index (Phi) is 18.6. The van der Waals surface area contributed by atoms with Crippen molar-refractivity contribution in [3.63, 3.8) is 0 Å². The van der Waals surface area contributed by atoms with E-state index in [0.29, 0.717) is 37.7 Å². The number of amides is 7. The second-order valence-corrected chi connectivity index (χ2v) is 15.3. The number of aliphatic carboxylic acids is 1. The Morgan fingerprint density at radius 1 is 0.750 bits per heavy atom. The van der Waals surface area contributed by atoms with Crippen molar-refractivity contribution in [1.82, 2.24) is 36.8 Å². The lowest BCUT2D eigenvalue weighted by molar-refractivity contribution is -0.140. The number of hydrogen-bond donors (Lipinski definition) is 7. The fourth-order valence-electron chi connectivity index (χ4n) is 6.94. The van der Waals surface area contributed by atoms with Crippen molar-refractivity contribution in [2.45, 2.75) is 102 Å². The normalized spacial score (nSPS) is 21.1. The first-order valence-corrected chi connectivity index (χ1v) is 20.7. The lowest BCUT2D eigenvalue weighted by Gasteiger charge is -2.30. The highest BCUT2D eigenvalue weighted by atomic mass is 16.4. The average molecular weight is 826 g/mol. The Balaban J connectivity index is 1.61. The Hall–Kier alpha value is -6.25. The molecule has 6 atom stereocenters. The molecular weight excluding hydrogens is 767 g/mol. The summed E-state index contributed by atoms with van der Waals surface area (Å²) >= 11 is 0. The Morgan fingerprint density at radius 3 is 1.88 bits per heavy atom. The van der Waals surface area contributed by atoms with Gasteiger partial charge < -0.3 is 41.9 Å². The van der Waals surface area contributed by atoms with Gasteiger partial charge in [-0.05, 0) is 67.6 Å². The van der Waals surface area contributed by atoms with Gasteiger partial charge in [-0.25, -0.2) is 9.59 Å². The molecule has 15 nitrogen and oxygen atoms in total. The standard InChI is InChI=1S/C45H59N7O8/c1-4-30(2)39-42(56)48-36(26-24-32-18-10-6-11-19-32)43(57)52(3)29-38(53)47-35(25-23-31-16-8-5-9-17-31)40(54)46-27-15-14-22-34(41(55)51-39)49-45(60)50-37(44(58)59)28-33-20-12-7-13-21-33/h5-13,16-21,30,34-37,39H,4,14-15,22-29H2,1-3H3,(H,46,54)(H,47,53)(H,48,56)(H,51,55)(H,58,59)(H2,49,50,60)/t30-,34+,35-,36-,37-,39-/m0/s1. The zero-order chi connectivity index (χ0) is 43.4. The molecule has 60 heavy (non-hydrogen) atoms. The van der Waals surface area contributed by atoms with Crippen LogP contribution in [0.1, 0.15) is 69.1 Å². The van der Waals surface area contributed by atoms with E-state index in [1.54, 1.807) is 37.3 Å². The summed E-state index contributed by atoms with van der Waals surface area (Å²) in [6, 6.07) is 21.2. The summed E-state index contributed by atoms with van der Waals surface area (Å²) in [6.45, 7) is 3.45. The zero-order valence-corrected chi connectivity index (χ0v) is 34.7. The minimum absolute atomic E-state index is 0.00254. The highest BCUT2D eigenvalue weighted by Gasteiger charge is 2.34. The van der Waals surface area contributed by atoms with Gasteiger partial charge in [0.05, 0.1) is 6.54 Å². The molecular formula is C45H59N7O8. The number of carboxylic acids is 1. The van der Waals surface area contributed by atoms with Crippen molar-refractivity contribution >= 4 is 41.5 Å². The van der Waals surface area contributed by atoms with Gasteiger partial charge in [0.1, 0.15) is 30.2 Å². The van der Waals surface area contributed by atoms with E-state index in [0.717, 1.165) is 11.1 Å². The molecule has 7 amide bonds. The van der Waals surface area contributed by atoms with E-state index in [9.17, 15) is 38.7 Å². The Morgan fingerprint density at radius 2 is 1.32 bits per heavy atom. The van der Waals surface area contributed by atoms with Crippen LogP contribution in [0.25, 0.3) is 0 Å². The summed E-state index contributed by atoms with van der Waals surface area (Å²) < 4.78 is 0. The molecule has 1 heterocycles. The third kappa shape index (κ3) is 15.2. The van der Waals surface area contributed by atoms with Crippen LogP contribution in [0.5, 0.6) is 0 Å². The van der Waals surface area contributed by atoms with Gasteiger partial charge in [0, 0.05) is 20.0 Å². The molecule has 7 N–H and O–H groups in total. The van der Waals surface area contributed by atoms with Gasteiger partial charge in [-0.2, -0.15) is 0 Å². The van der Waals surface area contributed by atoms with Crippen LogP contribution >= 0.6 is 0 Å². The number of rotatable bonds is 13. The fraction of sp³-hybridized carbons (Fsp3) is 0.444. The Bertz CT molecular complexity index is 1880. The van der Waals surface area contributed by atoms with E-state index in [-0.39, 0.29) is 38.8 Å². The number of nitrogens with one attached hydrogen (secondary N) is 6. The van der Waals surface area contributed by atoms with Crippen LogP contribution in [0.2, 0.25) is 0 Å². The number of aryl methyl sites for hydroxylation is 2. The molecule has 0 aliphatic carbocycles. The van der Waals surface area contributed by atoms with Gasteiger partial charge in [-0.15, -0.1) is 0 Å². The van der Waals surface area contributed by atoms with Gasteiger partial charge in [0.15, 0.2) is 0 Å². The maximum atomic E-state index is 14.1. The molecule has 0 spiro atoms. The second kappa shape index (κ2) is 24.0. The molecule has 3 aromatic rings. The van der Waals surface area contributed by atoms with Gasteiger partial charge >= 0.3 is 12.0 Å². The lowest BCUT2D eigenvalue weighted by atomic mass is 9.96. The maximum Gasteiger partial charge on any atom is 0.326 e. The number of carbonyl (C=O) groups is 7. The van der Waals surface area contributed by atoms with Crippen molar-refractivity contribution in [2.75, 3.05) is 20.1 Å². The first-order chi connectivity index (χ1) is 28.8. The van der Waals surface area contributed by atoms with Crippen LogP contribution in [0.4, 0.5) is 4.79 Å². The highest BCUT2D eigenvalue weighted by Crippen LogP contribution is 2.14. The molecule has 1 saturated heterocycles. The van der Waals surface area contributed by atoms with Crippen LogP contribution < -0.4 is 31.9 Å². The number of nitrogens with zero attached hydrogens (tertiary/aromatic N) is 1. The van der Waals surface area contributed by atoms with Crippen LogP contribution in [-0.2, 0) is 48.0 Å². The molecule has 0 unspecified atom stereocenters. The first-order valence-electron chi connectivity index (χ1n) is 20.7. The van der Waals surface area contributed by atoms with E-state index in [4.69, 9.17) is 0 Å². The molecule has 4 rings (SSSR count). The third-order valence-electron chi connectivity index (χ3n) is 10.7. The number of carboxylic acid groups (broad SMARTS) is 1. The fourth-order valence-corrected chi connectivity index (χ4v) is 6.94. The van der Waals surface area contributed by atoms with Crippen molar-refractivity contribution in [1.29, 1.82) is 0 Å². The molecule has 1 aliphatic rings. The van der Waals surface area contributed by atoms with Crippen LogP contribution in [-0.4, -0.2) is 102 Å². The Labute approximate surface area is 351 Å². The lowest BCUT2D eigenvalue weighted by Crippen LogP contribution is -2.60. The topological polar surface area (TPSA) is 215 Å². The summed E-state index contributed by atoms with van der Waals surface area (Å²) in [5, 5.41) is 26.3. The van der Waals surface area contributed by atoms with Crippen molar-refractivity contribution in [2.24, 2.45) is 5.92 Å². The summed E-state index contributed by atoms with van der Waals surface area (Å²) in [4.78, 5) is 95.9. The van der Waals surface area contributed by atoms with Crippen LogP contribution in [0.15, 0.2) is 91.0 Å². The molecule has 0 radical (unpaired) electrons. The molecule has 0 bridgehead atoms. The molecule has 15 heteroatoms. The van der Waals surface area contributed by atoms with E-state index < -0.39 is 77.7 Å². The smallest absolute Gasteiger partial charge is 0.326 e. The summed E-state index contributed by atoms with van der Waals surface area (Å²) in [5.74, 6) is -4.46. The van der Waals surface area contributed by atoms with Gasteiger partial charge in [0.2, 0.25) is 29.5 Å². The predicted molar refractivity (Wildman–Crippen MR) is 226 cm³/mol. The molecule has 3 aromatic carbocycles. The van der Waals surface area contributed by atoms with E-state index in [1.807, 2.05) is 67.6 Å². The number of likely N-dealkylation sites (N-methyl/N-ethyl adjacent to an activating group) is 1. The maximum absolute atomic E-state index is 14.1. The van der Waals surface area contributed by atoms with E-state index in [2.05, 4.69) is 31.9 Å². The summed E-state index contributed by atoms with van der Waals surface area (Å²) in [6.07, 6.45) is 2.67. The minimum atomic E-state index is -1.30. The molecule has 0 saturated carbocycles. The molecule has 322 valence electrons. The predicted octanol–water partition coefficient (Wildman–Crippen LogP) is 2.87. The van der Waals surface area contributed by atoms with Crippen LogP contribution in [0, 0.1) is 5.92 Å². The van der Waals surface area contributed by atoms with Gasteiger partial charge in [0.25, 0.3) is 0 Å². The average Bonchev–Trinajstić information content (AvgIpc) is 3.24. The number of hydrogen-bond acceptors (Lipinski definition) is 7. The van der Waals surface area contributed by atoms with E-state index >= 15 is 0 Å². The molecule has 1 aliphatic heterocycles. The van der Waals surface area contributed by atoms with Gasteiger partial charge in [-0.3, -0.25) is 24.0 Å². The van der Waals surface area contributed by atoms with Crippen molar-refractivity contribution in [3.05, 3.63) is 108 Å². The molecule has 1 fully saturated rings. The van der Waals surface area contributed by atoms with E-state index in [1.165, 1.54) is 11.9 Å². The quantitative estimate of drug-likeness (QED) is 0.136. The van der Waals surface area contributed by atoms with Crippen molar-refractivity contribution < 1.29 is 38.7 Å². The van der Waals surface area contributed by atoms with Gasteiger partial charge in [-0.1, -0.05) is 111 Å². The monoisotopic (exact) mass is 825 g/mol. The largest absolute Gasteiger partial charge is 0.480 e. The summed E-state index contributed by atoms with van der Waals surface area (Å²) in [7, 11) is 1.45. The van der Waals surface area contributed by atoms with Crippen LogP contribution in [0.3, 0.4) is 0 Å². The number of carbonyl (C=O) groups excluding carboxylic acids is 6. The highest BCUT2D eigenvalue weighted by molar-refractivity contribution is 5.96. The second-order valence-electron chi connectivity index (χ2n) is 15.3. The minimum Gasteiger partial charge on any atom is -0.480 e. The SMILES string of the molecule is CC[C@H](C)[C@@H]1NC(=O)[C@H](NC(=O)N[C@@H](Cc2ccccc2)C(=O)O)CCCCNC(=O)[C@H](CCc2ccccc2)NC(=O)CN(C)C(=O)[C@H](CCc2ccccc2)NC1=O.